The van der Waals surface area contributed by atoms with E-state index in [-0.39, 0.29) is 0 Å². The molecule has 0 saturated carbocycles. The van der Waals surface area contributed by atoms with Crippen molar-refractivity contribution in [1.82, 2.24) is 30.0 Å². The van der Waals surface area contributed by atoms with Crippen molar-refractivity contribution >= 4 is 28.1 Å². The molecule has 1 aliphatic heterocycles. The third kappa shape index (κ3) is 4.10. The number of primary amides is 1. The molecule has 11 heteroatoms. The lowest BCUT2D eigenvalue weighted by molar-refractivity contribution is 0.0331. The first-order valence-electron chi connectivity index (χ1n) is 8.38. The summed E-state index contributed by atoms with van der Waals surface area (Å²) in [4.78, 5) is 27.8. The van der Waals surface area contributed by atoms with Crippen LogP contribution in [-0.2, 0) is 11.3 Å². The fraction of sp³-hybridized carbons (Fsp3) is 0.312. The number of aromatic amines is 1. The minimum absolute atomic E-state index is 0.369. The van der Waals surface area contributed by atoms with E-state index in [9.17, 15) is 4.79 Å². The van der Waals surface area contributed by atoms with Crippen LogP contribution in [0.4, 0.5) is 10.8 Å². The lowest BCUT2D eigenvalue weighted by Crippen LogP contribution is -2.36. The molecule has 0 bridgehead atoms. The van der Waals surface area contributed by atoms with E-state index in [1.54, 1.807) is 18.3 Å². The van der Waals surface area contributed by atoms with E-state index in [0.29, 0.717) is 34.6 Å². The first kappa shape index (κ1) is 17.5. The van der Waals surface area contributed by atoms with Gasteiger partial charge in [-0.1, -0.05) is 0 Å². The highest BCUT2D eigenvalue weighted by Crippen LogP contribution is 2.35. The highest BCUT2D eigenvalue weighted by atomic mass is 32.1. The topological polar surface area (TPSA) is 135 Å². The Morgan fingerprint density at radius 2 is 2.22 bits per heavy atom. The molecule has 0 atom stereocenters. The number of nitrogens with two attached hydrogens (primary N) is 1. The second kappa shape index (κ2) is 7.78. The predicted octanol–water partition coefficient (Wildman–Crippen LogP) is 0.998. The summed E-state index contributed by atoms with van der Waals surface area (Å²) in [6.45, 7) is 3.81. The summed E-state index contributed by atoms with van der Waals surface area (Å²) < 4.78 is 5.36. The average Bonchev–Trinajstić information content (AvgIpc) is 3.32. The monoisotopic (exact) mass is 386 g/mol. The summed E-state index contributed by atoms with van der Waals surface area (Å²) in [5.41, 5.74) is 5.89. The second-order valence-electron chi connectivity index (χ2n) is 5.91. The zero-order valence-electron chi connectivity index (χ0n) is 14.4. The van der Waals surface area contributed by atoms with Crippen LogP contribution in [0.2, 0.25) is 0 Å². The van der Waals surface area contributed by atoms with Crippen molar-refractivity contribution < 1.29 is 9.53 Å². The molecule has 0 unspecified atom stereocenters. The van der Waals surface area contributed by atoms with Crippen molar-refractivity contribution in [3.63, 3.8) is 0 Å². The number of nitrogens with zero attached hydrogens (tertiary/aromatic N) is 5. The molecule has 10 nitrogen and oxygen atoms in total. The molecule has 4 rings (SSSR count). The highest BCUT2D eigenvalue weighted by molar-refractivity contribution is 7.19. The fourth-order valence-corrected chi connectivity index (χ4v) is 3.74. The van der Waals surface area contributed by atoms with Gasteiger partial charge in [0.15, 0.2) is 5.82 Å². The molecule has 1 amide bonds. The molecule has 140 valence electrons. The Hall–Kier alpha value is -2.89. The second-order valence-corrected chi connectivity index (χ2v) is 6.96. The molecule has 1 saturated heterocycles. The van der Waals surface area contributed by atoms with E-state index in [4.69, 9.17) is 10.5 Å². The molecule has 0 radical (unpaired) electrons. The van der Waals surface area contributed by atoms with Gasteiger partial charge in [0.05, 0.1) is 30.2 Å². The molecule has 27 heavy (non-hydrogen) atoms. The summed E-state index contributed by atoms with van der Waals surface area (Å²) in [5, 5.41) is 10.5. The van der Waals surface area contributed by atoms with Crippen LogP contribution in [0, 0.1) is 0 Å². The molecule has 3 aromatic heterocycles. The summed E-state index contributed by atoms with van der Waals surface area (Å²) in [7, 11) is 0. The van der Waals surface area contributed by atoms with Crippen LogP contribution in [0.15, 0.2) is 24.7 Å². The SMILES string of the molecule is NC(=O)c1cc(-c2nc[nH]n2)sc1Nc1ccnc(CN2CCOCC2)n1. The molecule has 3 aromatic rings. The van der Waals surface area contributed by atoms with Gasteiger partial charge < -0.3 is 15.8 Å². The molecule has 0 spiro atoms. The molecular weight excluding hydrogens is 368 g/mol. The van der Waals surface area contributed by atoms with E-state index in [1.807, 2.05) is 0 Å². The van der Waals surface area contributed by atoms with Gasteiger partial charge in [0.1, 0.15) is 23.0 Å². The van der Waals surface area contributed by atoms with Gasteiger partial charge in [-0.3, -0.25) is 14.8 Å². The Bertz CT molecular complexity index is 920. The van der Waals surface area contributed by atoms with Crippen molar-refractivity contribution in [2.24, 2.45) is 5.73 Å². The summed E-state index contributed by atoms with van der Waals surface area (Å²) in [5.74, 6) is 1.27. The average molecular weight is 386 g/mol. The molecule has 4 N–H and O–H groups in total. The molecule has 4 heterocycles. The number of anilines is 2. The molecule has 1 aliphatic rings. The number of thiophene rings is 1. The highest BCUT2D eigenvalue weighted by Gasteiger charge is 2.18. The lowest BCUT2D eigenvalue weighted by atomic mass is 10.2. The van der Waals surface area contributed by atoms with Gasteiger partial charge in [-0.2, -0.15) is 5.10 Å². The number of ether oxygens (including phenoxy) is 1. The smallest absolute Gasteiger partial charge is 0.251 e. The van der Waals surface area contributed by atoms with Crippen LogP contribution in [0.3, 0.4) is 0 Å². The maximum Gasteiger partial charge on any atom is 0.251 e. The Morgan fingerprint density at radius 1 is 1.37 bits per heavy atom. The van der Waals surface area contributed by atoms with Crippen molar-refractivity contribution in [1.29, 1.82) is 0 Å². The number of nitrogens with one attached hydrogen (secondary N) is 2. The van der Waals surface area contributed by atoms with Crippen LogP contribution in [0.25, 0.3) is 10.7 Å². The van der Waals surface area contributed by atoms with Crippen molar-refractivity contribution in [2.45, 2.75) is 6.54 Å². The van der Waals surface area contributed by atoms with Crippen LogP contribution < -0.4 is 11.1 Å². The van der Waals surface area contributed by atoms with E-state index in [2.05, 4.69) is 35.4 Å². The number of hydrogen-bond acceptors (Lipinski definition) is 9. The first-order valence-corrected chi connectivity index (χ1v) is 9.19. The Labute approximate surface area is 158 Å². The fourth-order valence-electron chi connectivity index (χ4n) is 2.73. The van der Waals surface area contributed by atoms with E-state index >= 15 is 0 Å². The number of morpholine rings is 1. The van der Waals surface area contributed by atoms with Gasteiger partial charge in [-0.25, -0.2) is 15.0 Å². The summed E-state index contributed by atoms with van der Waals surface area (Å²) >= 11 is 1.34. The third-order valence-electron chi connectivity index (χ3n) is 4.05. The molecule has 0 aliphatic carbocycles. The first-order chi connectivity index (χ1) is 13.2. The molecular formula is C16H18N8O2S. The summed E-state index contributed by atoms with van der Waals surface area (Å²) in [6, 6.07) is 3.42. The van der Waals surface area contributed by atoms with Crippen molar-refractivity contribution in [2.75, 3.05) is 31.6 Å². The van der Waals surface area contributed by atoms with Gasteiger partial charge in [-0.15, -0.1) is 11.3 Å². The number of carbonyl (C=O) groups excluding carboxylic acids is 1. The van der Waals surface area contributed by atoms with Gasteiger partial charge in [0, 0.05) is 19.3 Å². The number of aromatic nitrogens is 5. The number of H-pyrrole nitrogens is 1. The van der Waals surface area contributed by atoms with E-state index < -0.39 is 5.91 Å². The Balaban J connectivity index is 1.55. The quantitative estimate of drug-likeness (QED) is 0.571. The van der Waals surface area contributed by atoms with Gasteiger partial charge in [-0.05, 0) is 12.1 Å². The Kier molecular flexibility index (Phi) is 5.05. The largest absolute Gasteiger partial charge is 0.379 e. The minimum Gasteiger partial charge on any atom is -0.379 e. The molecule has 1 fully saturated rings. The number of hydrogen-bond donors (Lipinski definition) is 3. The number of carbonyl (C=O) groups is 1. The van der Waals surface area contributed by atoms with Crippen LogP contribution in [0.5, 0.6) is 0 Å². The van der Waals surface area contributed by atoms with Crippen LogP contribution in [-0.4, -0.2) is 62.3 Å². The maximum absolute atomic E-state index is 11.8. The maximum atomic E-state index is 11.8. The van der Waals surface area contributed by atoms with Crippen LogP contribution in [0.1, 0.15) is 16.2 Å². The predicted molar refractivity (Wildman–Crippen MR) is 99.6 cm³/mol. The Morgan fingerprint density at radius 3 is 2.96 bits per heavy atom. The lowest BCUT2D eigenvalue weighted by Gasteiger charge is -2.25. The number of amides is 1. The van der Waals surface area contributed by atoms with Crippen molar-refractivity contribution in [3.05, 3.63) is 36.0 Å². The van der Waals surface area contributed by atoms with Crippen LogP contribution >= 0.6 is 11.3 Å². The minimum atomic E-state index is -0.530. The normalized spacial score (nSPS) is 15.0. The third-order valence-corrected chi connectivity index (χ3v) is 5.10. The van der Waals surface area contributed by atoms with Gasteiger partial charge >= 0.3 is 0 Å². The van der Waals surface area contributed by atoms with E-state index in [0.717, 1.165) is 31.2 Å². The molecule has 0 aromatic carbocycles. The zero-order valence-corrected chi connectivity index (χ0v) is 15.2. The number of rotatable bonds is 6. The van der Waals surface area contributed by atoms with Gasteiger partial charge in [0.2, 0.25) is 0 Å². The van der Waals surface area contributed by atoms with E-state index in [1.165, 1.54) is 17.7 Å². The van der Waals surface area contributed by atoms with Crippen molar-refractivity contribution in [3.8, 4) is 10.7 Å². The summed E-state index contributed by atoms with van der Waals surface area (Å²) in [6.07, 6.45) is 3.17. The van der Waals surface area contributed by atoms with Gasteiger partial charge in [0.25, 0.3) is 5.91 Å². The zero-order chi connectivity index (χ0) is 18.6. The standard InChI is InChI=1S/C16H18N8O2S/c17-14(25)10-7-11(15-19-9-20-23-15)27-16(10)22-12-1-2-18-13(21-12)8-24-3-5-26-6-4-24/h1-2,7,9H,3-6,8H2,(H2,17,25)(H,18,21,22)(H,19,20,23).